The van der Waals surface area contributed by atoms with Crippen molar-refractivity contribution in [2.75, 3.05) is 59.2 Å². The number of carbonyl (C=O) groups is 1. The molecule has 0 aliphatic carbocycles. The van der Waals surface area contributed by atoms with Crippen LogP contribution in [0, 0.1) is 0 Å². The minimum Gasteiger partial charge on any atom is -0.462 e. The summed E-state index contributed by atoms with van der Waals surface area (Å²) in [4.78, 5) is 18.4. The molecule has 2 aliphatic heterocycles. The van der Waals surface area contributed by atoms with E-state index in [4.69, 9.17) is 4.74 Å². The van der Waals surface area contributed by atoms with E-state index in [1.807, 2.05) is 39.0 Å². The van der Waals surface area contributed by atoms with Crippen LogP contribution in [0.5, 0.6) is 0 Å². The van der Waals surface area contributed by atoms with Gasteiger partial charge < -0.3 is 14.8 Å². The third-order valence-electron chi connectivity index (χ3n) is 3.68. The number of hydrogen-bond acceptors (Lipinski definition) is 7. The van der Waals surface area contributed by atoms with Crippen molar-refractivity contribution in [2.45, 2.75) is 26.4 Å². The lowest BCUT2D eigenvalue weighted by atomic mass is 10.2. The standard InChI is InChI=1S/C9H19N3O.C5H5N.C5H10O2/c1-3-11(4-2-10-1)9-12-5-7-13-8-6-12;1-2-4-6-5-3-1;1-5(2,3)7-4-6/h10H,1-9H2;1-5H;4H,1-3H3. The number of hydrogen-bond donors (Lipinski definition) is 1. The molecule has 0 amide bonds. The summed E-state index contributed by atoms with van der Waals surface area (Å²) < 4.78 is 9.86. The van der Waals surface area contributed by atoms with Crippen LogP contribution in [0.1, 0.15) is 20.8 Å². The lowest BCUT2D eigenvalue weighted by Gasteiger charge is -2.34. The SMILES string of the molecule is C1CN(CN2CCOCC2)CCN1.CC(C)(C)OC=O.c1ccncc1. The number of aromatic nitrogens is 1. The van der Waals surface area contributed by atoms with Crippen molar-refractivity contribution in [3.8, 4) is 0 Å². The summed E-state index contributed by atoms with van der Waals surface area (Å²) >= 11 is 0. The average molecular weight is 367 g/mol. The zero-order chi connectivity index (χ0) is 19.1. The van der Waals surface area contributed by atoms with Crippen LogP contribution in [0.25, 0.3) is 0 Å². The topological polar surface area (TPSA) is 66.9 Å². The monoisotopic (exact) mass is 366 g/mol. The molecule has 3 rings (SSSR count). The first-order chi connectivity index (χ1) is 12.5. The number of ether oxygens (including phenoxy) is 2. The van der Waals surface area contributed by atoms with Gasteiger partial charge in [0.15, 0.2) is 0 Å². The van der Waals surface area contributed by atoms with Crippen LogP contribution in [-0.4, -0.2) is 86.0 Å². The molecule has 1 aromatic rings. The summed E-state index contributed by atoms with van der Waals surface area (Å²) in [5.74, 6) is 0. The van der Waals surface area contributed by atoms with Crippen molar-refractivity contribution in [1.82, 2.24) is 20.1 Å². The Hall–Kier alpha value is -1.54. The molecule has 2 saturated heterocycles. The highest BCUT2D eigenvalue weighted by atomic mass is 16.5. The summed E-state index contributed by atoms with van der Waals surface area (Å²) in [6, 6.07) is 5.72. The Morgan fingerprint density at radius 3 is 2.00 bits per heavy atom. The number of nitrogens with one attached hydrogen (secondary N) is 1. The predicted octanol–water partition coefficient (Wildman–Crippen LogP) is 1.22. The van der Waals surface area contributed by atoms with Gasteiger partial charge in [-0.1, -0.05) is 6.07 Å². The second kappa shape index (κ2) is 13.6. The van der Waals surface area contributed by atoms with Crippen molar-refractivity contribution in [1.29, 1.82) is 0 Å². The van der Waals surface area contributed by atoms with Gasteiger partial charge in [0, 0.05) is 51.7 Å². The van der Waals surface area contributed by atoms with E-state index < -0.39 is 0 Å². The van der Waals surface area contributed by atoms with Crippen LogP contribution in [0.2, 0.25) is 0 Å². The normalized spacial score (nSPS) is 18.6. The zero-order valence-electron chi connectivity index (χ0n) is 16.4. The van der Waals surface area contributed by atoms with Crippen LogP contribution >= 0.6 is 0 Å². The van der Waals surface area contributed by atoms with Gasteiger partial charge in [0.2, 0.25) is 0 Å². The fourth-order valence-electron chi connectivity index (χ4n) is 2.33. The highest BCUT2D eigenvalue weighted by Gasteiger charge is 2.15. The Bertz CT molecular complexity index is 399. The van der Waals surface area contributed by atoms with Gasteiger partial charge in [-0.05, 0) is 32.9 Å². The average Bonchev–Trinajstić information content (AvgIpc) is 2.65. The van der Waals surface area contributed by atoms with Crippen molar-refractivity contribution in [3.05, 3.63) is 30.6 Å². The third kappa shape index (κ3) is 12.8. The van der Waals surface area contributed by atoms with Gasteiger partial charge in [-0.2, -0.15) is 0 Å². The second-order valence-corrected chi connectivity index (χ2v) is 7.09. The number of carbonyl (C=O) groups excluding carboxylic acids is 1. The molecule has 0 spiro atoms. The van der Waals surface area contributed by atoms with Crippen molar-refractivity contribution >= 4 is 6.47 Å². The van der Waals surface area contributed by atoms with Gasteiger partial charge in [0.1, 0.15) is 5.60 Å². The molecule has 3 heterocycles. The second-order valence-electron chi connectivity index (χ2n) is 7.09. The van der Waals surface area contributed by atoms with Gasteiger partial charge in [-0.25, -0.2) is 0 Å². The van der Waals surface area contributed by atoms with Crippen LogP contribution in [-0.2, 0) is 14.3 Å². The maximum Gasteiger partial charge on any atom is 0.293 e. The molecule has 7 nitrogen and oxygen atoms in total. The Morgan fingerprint density at radius 2 is 1.62 bits per heavy atom. The van der Waals surface area contributed by atoms with Gasteiger partial charge in [0.05, 0.1) is 19.9 Å². The van der Waals surface area contributed by atoms with E-state index in [1.54, 1.807) is 12.4 Å². The summed E-state index contributed by atoms with van der Waals surface area (Å²) in [6.45, 7) is 15.7. The first-order valence-electron chi connectivity index (χ1n) is 9.21. The van der Waals surface area contributed by atoms with Gasteiger partial charge in [-0.15, -0.1) is 0 Å². The van der Waals surface area contributed by atoms with Gasteiger partial charge in [-0.3, -0.25) is 19.6 Å². The number of piperazine rings is 1. The van der Waals surface area contributed by atoms with Crippen LogP contribution in [0.15, 0.2) is 30.6 Å². The van der Waals surface area contributed by atoms with E-state index in [0.717, 1.165) is 46.1 Å². The summed E-state index contributed by atoms with van der Waals surface area (Å²) in [6.07, 6.45) is 3.50. The molecule has 2 fully saturated rings. The zero-order valence-corrected chi connectivity index (χ0v) is 16.4. The number of rotatable bonds is 3. The van der Waals surface area contributed by atoms with Crippen LogP contribution < -0.4 is 5.32 Å². The molecule has 0 radical (unpaired) electrons. The summed E-state index contributed by atoms with van der Waals surface area (Å²) in [5, 5.41) is 3.37. The Balaban J connectivity index is 0.000000220. The maximum atomic E-state index is 9.60. The van der Waals surface area contributed by atoms with Gasteiger partial charge >= 0.3 is 0 Å². The van der Waals surface area contributed by atoms with E-state index in [1.165, 1.54) is 13.1 Å². The fourth-order valence-corrected chi connectivity index (χ4v) is 2.33. The largest absolute Gasteiger partial charge is 0.462 e. The van der Waals surface area contributed by atoms with E-state index in [2.05, 4.69) is 24.8 Å². The van der Waals surface area contributed by atoms with Crippen LogP contribution in [0.3, 0.4) is 0 Å². The fraction of sp³-hybridized carbons (Fsp3) is 0.684. The Morgan fingerprint density at radius 1 is 1.04 bits per heavy atom. The molecule has 0 bridgehead atoms. The molecule has 0 saturated carbocycles. The smallest absolute Gasteiger partial charge is 0.293 e. The molecular weight excluding hydrogens is 332 g/mol. The first-order valence-corrected chi connectivity index (χ1v) is 9.21. The maximum absolute atomic E-state index is 9.60. The van der Waals surface area contributed by atoms with E-state index >= 15 is 0 Å². The molecule has 0 atom stereocenters. The minimum atomic E-state index is -0.318. The van der Waals surface area contributed by atoms with Crippen LogP contribution in [0.4, 0.5) is 0 Å². The molecule has 2 aliphatic rings. The lowest BCUT2D eigenvalue weighted by Crippen LogP contribution is -2.50. The van der Waals surface area contributed by atoms with Gasteiger partial charge in [0.25, 0.3) is 6.47 Å². The van der Waals surface area contributed by atoms with E-state index in [0.29, 0.717) is 6.47 Å². The summed E-state index contributed by atoms with van der Waals surface area (Å²) in [7, 11) is 0. The molecular formula is C19H34N4O3. The third-order valence-corrected chi connectivity index (χ3v) is 3.68. The Kier molecular flexibility index (Phi) is 11.8. The number of morpholine rings is 1. The van der Waals surface area contributed by atoms with E-state index in [9.17, 15) is 4.79 Å². The quantitative estimate of drug-likeness (QED) is 0.807. The molecule has 1 N–H and O–H groups in total. The van der Waals surface area contributed by atoms with Crippen molar-refractivity contribution < 1.29 is 14.3 Å². The molecule has 148 valence electrons. The first kappa shape index (κ1) is 22.5. The van der Waals surface area contributed by atoms with Crippen molar-refractivity contribution in [2.24, 2.45) is 0 Å². The predicted molar refractivity (Wildman–Crippen MR) is 103 cm³/mol. The number of nitrogens with zero attached hydrogens (tertiary/aromatic N) is 3. The molecule has 0 aromatic carbocycles. The lowest BCUT2D eigenvalue weighted by molar-refractivity contribution is -0.138. The van der Waals surface area contributed by atoms with E-state index in [-0.39, 0.29) is 5.60 Å². The Labute approximate surface area is 157 Å². The summed E-state index contributed by atoms with van der Waals surface area (Å²) in [5.41, 5.74) is -0.318. The highest BCUT2D eigenvalue weighted by Crippen LogP contribution is 2.02. The molecule has 1 aromatic heterocycles. The molecule has 26 heavy (non-hydrogen) atoms. The van der Waals surface area contributed by atoms with Crippen molar-refractivity contribution in [3.63, 3.8) is 0 Å². The molecule has 0 unspecified atom stereocenters. The highest BCUT2D eigenvalue weighted by molar-refractivity contribution is 5.37. The number of pyridine rings is 1. The molecule has 7 heteroatoms. The minimum absolute atomic E-state index is 0.318.